The molecule has 0 bridgehead atoms. The first-order chi connectivity index (χ1) is 9.99. The number of rotatable bonds is 2. The lowest BCUT2D eigenvalue weighted by molar-refractivity contribution is 0.0691. The van der Waals surface area contributed by atoms with Crippen molar-refractivity contribution in [1.29, 1.82) is 0 Å². The van der Waals surface area contributed by atoms with Crippen LogP contribution in [0.2, 0.25) is 0 Å². The van der Waals surface area contributed by atoms with Gasteiger partial charge in [-0.1, -0.05) is 24.1 Å². The predicted molar refractivity (Wildman–Crippen MR) is 80.2 cm³/mol. The van der Waals surface area contributed by atoms with Gasteiger partial charge < -0.3 is 15.7 Å². The molecule has 0 amide bonds. The molecule has 0 spiro atoms. The Balaban J connectivity index is 2.53. The molecule has 0 atom stereocenters. The summed E-state index contributed by atoms with van der Waals surface area (Å²) in [6.07, 6.45) is 0. The van der Waals surface area contributed by atoms with Crippen LogP contribution in [-0.4, -0.2) is 35.1 Å². The van der Waals surface area contributed by atoms with E-state index in [0.29, 0.717) is 5.82 Å². The largest absolute Gasteiger partial charge is 0.476 e. The van der Waals surface area contributed by atoms with Crippen molar-refractivity contribution in [2.24, 2.45) is 0 Å². The van der Waals surface area contributed by atoms with E-state index in [-0.39, 0.29) is 17.2 Å². The Bertz CT molecular complexity index is 731. The maximum Gasteiger partial charge on any atom is 0.358 e. The lowest BCUT2D eigenvalue weighted by Crippen LogP contribution is -2.17. The van der Waals surface area contributed by atoms with E-state index in [0.717, 1.165) is 5.56 Å². The number of anilines is 2. The third kappa shape index (κ3) is 3.28. The predicted octanol–water partition coefficient (Wildman–Crippen LogP) is 1.22. The second-order valence-electron chi connectivity index (χ2n) is 4.45. The fourth-order valence-electron chi connectivity index (χ4n) is 1.64. The highest BCUT2D eigenvalue weighted by Gasteiger charge is 2.16. The van der Waals surface area contributed by atoms with E-state index in [1.54, 1.807) is 19.0 Å². The highest BCUT2D eigenvalue weighted by molar-refractivity contribution is 5.90. The van der Waals surface area contributed by atoms with Crippen LogP contribution >= 0.6 is 0 Å². The SMILES string of the molecule is CN(C)c1nc(N)c(C(=O)O)nc1C#Cc1ccccc1. The van der Waals surface area contributed by atoms with Crippen LogP contribution in [0.3, 0.4) is 0 Å². The molecule has 0 aliphatic carbocycles. The molecule has 0 fully saturated rings. The van der Waals surface area contributed by atoms with Gasteiger partial charge in [0.25, 0.3) is 0 Å². The molecule has 1 heterocycles. The van der Waals surface area contributed by atoms with Gasteiger partial charge in [0.2, 0.25) is 0 Å². The zero-order chi connectivity index (χ0) is 15.4. The summed E-state index contributed by atoms with van der Waals surface area (Å²) in [4.78, 5) is 20.8. The number of benzene rings is 1. The number of nitrogen functional groups attached to an aromatic ring is 1. The first-order valence-corrected chi connectivity index (χ1v) is 6.14. The molecule has 0 unspecified atom stereocenters. The molecule has 2 rings (SSSR count). The molecule has 3 N–H and O–H groups in total. The van der Waals surface area contributed by atoms with Crippen LogP contribution in [-0.2, 0) is 0 Å². The minimum absolute atomic E-state index is 0.128. The van der Waals surface area contributed by atoms with Crippen molar-refractivity contribution in [3.8, 4) is 11.8 Å². The van der Waals surface area contributed by atoms with E-state index >= 15 is 0 Å². The summed E-state index contributed by atoms with van der Waals surface area (Å²) in [5, 5.41) is 9.06. The van der Waals surface area contributed by atoms with Crippen LogP contribution in [0.4, 0.5) is 11.6 Å². The number of carboxylic acids is 1. The second kappa shape index (κ2) is 5.92. The zero-order valence-corrected chi connectivity index (χ0v) is 11.7. The second-order valence-corrected chi connectivity index (χ2v) is 4.45. The topological polar surface area (TPSA) is 92.3 Å². The molecule has 6 nitrogen and oxygen atoms in total. The molecule has 0 radical (unpaired) electrons. The number of hydrogen-bond donors (Lipinski definition) is 2. The maximum absolute atomic E-state index is 11.1. The van der Waals surface area contributed by atoms with E-state index in [4.69, 9.17) is 10.8 Å². The third-order valence-electron chi connectivity index (χ3n) is 2.63. The standard InChI is InChI=1S/C15H14N4O2/c1-19(2)14-11(9-8-10-6-4-3-5-7-10)17-12(15(20)21)13(16)18-14/h3-7H,1-2H3,(H2,16,18)(H,20,21). The van der Waals surface area contributed by atoms with Crippen LogP contribution in [0.5, 0.6) is 0 Å². The van der Waals surface area contributed by atoms with Crippen molar-refractivity contribution in [3.05, 3.63) is 47.3 Å². The van der Waals surface area contributed by atoms with Gasteiger partial charge in [0, 0.05) is 19.7 Å². The van der Waals surface area contributed by atoms with Crippen molar-refractivity contribution >= 4 is 17.6 Å². The van der Waals surface area contributed by atoms with Crippen LogP contribution in [0, 0.1) is 11.8 Å². The average Bonchev–Trinajstić information content (AvgIpc) is 2.46. The fourth-order valence-corrected chi connectivity index (χ4v) is 1.64. The number of nitrogens with zero attached hydrogens (tertiary/aromatic N) is 3. The normalized spacial score (nSPS) is 9.62. The highest BCUT2D eigenvalue weighted by Crippen LogP contribution is 2.17. The summed E-state index contributed by atoms with van der Waals surface area (Å²) in [7, 11) is 3.52. The van der Waals surface area contributed by atoms with Gasteiger partial charge in [-0.2, -0.15) is 0 Å². The van der Waals surface area contributed by atoms with Crippen molar-refractivity contribution in [2.75, 3.05) is 24.7 Å². The van der Waals surface area contributed by atoms with E-state index < -0.39 is 5.97 Å². The molecule has 1 aromatic carbocycles. The molecule has 2 aromatic rings. The van der Waals surface area contributed by atoms with Gasteiger partial charge in [-0.05, 0) is 18.1 Å². The summed E-state index contributed by atoms with van der Waals surface area (Å²) in [6, 6.07) is 9.33. The molecule has 0 aliphatic heterocycles. The Labute approximate surface area is 122 Å². The monoisotopic (exact) mass is 282 g/mol. The van der Waals surface area contributed by atoms with Gasteiger partial charge in [-0.3, -0.25) is 0 Å². The molecule has 6 heteroatoms. The van der Waals surface area contributed by atoms with Crippen LogP contribution in [0.25, 0.3) is 0 Å². The van der Waals surface area contributed by atoms with Crippen LogP contribution in [0.1, 0.15) is 21.7 Å². The Hall–Kier alpha value is -3.07. The molecule has 0 aliphatic rings. The van der Waals surface area contributed by atoms with Crippen molar-refractivity contribution in [1.82, 2.24) is 9.97 Å². The molecule has 1 aromatic heterocycles. The summed E-state index contributed by atoms with van der Waals surface area (Å²) < 4.78 is 0. The first kappa shape index (κ1) is 14.3. The smallest absolute Gasteiger partial charge is 0.358 e. The van der Waals surface area contributed by atoms with Gasteiger partial charge in [-0.15, -0.1) is 0 Å². The average molecular weight is 282 g/mol. The van der Waals surface area contributed by atoms with Gasteiger partial charge in [0.15, 0.2) is 23.0 Å². The molecular formula is C15H14N4O2. The minimum atomic E-state index is -1.23. The van der Waals surface area contributed by atoms with Gasteiger partial charge in [0.05, 0.1) is 0 Å². The van der Waals surface area contributed by atoms with Crippen LogP contribution in [0.15, 0.2) is 30.3 Å². The zero-order valence-electron chi connectivity index (χ0n) is 11.7. The lowest BCUT2D eigenvalue weighted by atomic mass is 10.2. The quantitative estimate of drug-likeness (QED) is 0.805. The van der Waals surface area contributed by atoms with E-state index in [9.17, 15) is 4.79 Å². The van der Waals surface area contributed by atoms with Gasteiger partial charge >= 0.3 is 5.97 Å². The molecular weight excluding hydrogens is 268 g/mol. The van der Waals surface area contributed by atoms with Crippen LogP contribution < -0.4 is 10.6 Å². The third-order valence-corrected chi connectivity index (χ3v) is 2.63. The van der Waals surface area contributed by atoms with E-state index in [2.05, 4.69) is 21.8 Å². The summed E-state index contributed by atoms with van der Waals surface area (Å²) in [5.41, 5.74) is 6.39. The lowest BCUT2D eigenvalue weighted by Gasteiger charge is -2.14. The number of hydrogen-bond acceptors (Lipinski definition) is 5. The minimum Gasteiger partial charge on any atom is -0.476 e. The first-order valence-electron chi connectivity index (χ1n) is 6.14. The van der Waals surface area contributed by atoms with E-state index in [1.165, 1.54) is 0 Å². The Kier molecular flexibility index (Phi) is 4.05. The molecule has 0 saturated heterocycles. The summed E-state index contributed by atoms with van der Waals surface area (Å²) in [6.45, 7) is 0. The number of nitrogens with two attached hydrogens (primary N) is 1. The molecule has 21 heavy (non-hydrogen) atoms. The summed E-state index contributed by atoms with van der Waals surface area (Å²) in [5.74, 6) is 4.85. The number of aromatic carboxylic acids is 1. The number of aromatic nitrogens is 2. The van der Waals surface area contributed by atoms with Crippen molar-refractivity contribution in [2.45, 2.75) is 0 Å². The van der Waals surface area contributed by atoms with Gasteiger partial charge in [0.1, 0.15) is 0 Å². The molecule has 0 saturated carbocycles. The van der Waals surface area contributed by atoms with Crippen molar-refractivity contribution in [3.63, 3.8) is 0 Å². The Morgan fingerprint density at radius 1 is 1.19 bits per heavy atom. The maximum atomic E-state index is 11.1. The summed E-state index contributed by atoms with van der Waals surface area (Å²) >= 11 is 0. The van der Waals surface area contributed by atoms with E-state index in [1.807, 2.05) is 30.3 Å². The Morgan fingerprint density at radius 3 is 2.43 bits per heavy atom. The number of carboxylic acid groups (broad SMARTS) is 1. The highest BCUT2D eigenvalue weighted by atomic mass is 16.4. The van der Waals surface area contributed by atoms with Gasteiger partial charge in [-0.25, -0.2) is 14.8 Å². The fraction of sp³-hybridized carbons (Fsp3) is 0.133. The Morgan fingerprint density at radius 2 is 1.86 bits per heavy atom. The molecule has 106 valence electrons. The van der Waals surface area contributed by atoms with Crippen molar-refractivity contribution < 1.29 is 9.90 Å². The number of carbonyl (C=O) groups is 1.